The highest BCUT2D eigenvalue weighted by molar-refractivity contribution is 6.42. The predicted molar refractivity (Wildman–Crippen MR) is 111 cm³/mol. The summed E-state index contributed by atoms with van der Waals surface area (Å²) in [5.41, 5.74) is 1.08. The fourth-order valence-electron chi connectivity index (χ4n) is 2.26. The lowest BCUT2D eigenvalue weighted by Gasteiger charge is -2.20. The molecule has 0 fully saturated rings. The van der Waals surface area contributed by atoms with Crippen molar-refractivity contribution in [3.8, 4) is 0 Å². The number of carbonyl (C=O) groups is 2. The van der Waals surface area contributed by atoms with Crippen LogP contribution in [-0.4, -0.2) is 29.2 Å². The van der Waals surface area contributed by atoms with E-state index in [2.05, 4.69) is 10.3 Å². The highest BCUT2D eigenvalue weighted by atomic mass is 35.5. The van der Waals surface area contributed by atoms with Gasteiger partial charge in [0.15, 0.2) is 0 Å². The Balaban J connectivity index is 2.20. The number of ether oxygens (including phenoxy) is 2. The smallest absolute Gasteiger partial charge is 0.413 e. The molecular weight excluding hydrogens is 403 g/mol. The minimum absolute atomic E-state index is 0.160. The number of hydrogen-bond donors (Lipinski definition) is 2. The maximum absolute atomic E-state index is 12.0. The van der Waals surface area contributed by atoms with Crippen molar-refractivity contribution in [2.45, 2.75) is 33.2 Å². The van der Waals surface area contributed by atoms with Gasteiger partial charge in [0.25, 0.3) is 0 Å². The van der Waals surface area contributed by atoms with Gasteiger partial charge in [0.05, 0.1) is 16.7 Å². The number of aromatic amines is 1. The van der Waals surface area contributed by atoms with Crippen molar-refractivity contribution in [2.24, 2.45) is 0 Å². The molecule has 1 amide bonds. The second-order valence-electron chi connectivity index (χ2n) is 6.95. The number of benzene rings is 1. The molecule has 0 aliphatic heterocycles. The van der Waals surface area contributed by atoms with Crippen LogP contribution < -0.4 is 5.32 Å². The van der Waals surface area contributed by atoms with Crippen LogP contribution in [-0.2, 0) is 14.3 Å². The summed E-state index contributed by atoms with van der Waals surface area (Å²) in [6, 6.07) is 5.36. The third-order valence-corrected chi connectivity index (χ3v) is 4.08. The molecule has 1 heterocycles. The van der Waals surface area contributed by atoms with Crippen molar-refractivity contribution in [3.63, 3.8) is 0 Å². The summed E-state index contributed by atoms with van der Waals surface area (Å²) in [7, 11) is 0. The average molecular weight is 425 g/mol. The molecule has 0 saturated carbocycles. The highest BCUT2D eigenvalue weighted by Gasteiger charge is 2.20. The van der Waals surface area contributed by atoms with Crippen molar-refractivity contribution in [1.82, 2.24) is 10.3 Å². The normalized spacial score (nSPS) is 12.4. The van der Waals surface area contributed by atoms with Crippen LogP contribution in [0.2, 0.25) is 10.0 Å². The van der Waals surface area contributed by atoms with Crippen LogP contribution in [0.25, 0.3) is 17.0 Å². The van der Waals surface area contributed by atoms with Gasteiger partial charge in [-0.1, -0.05) is 29.3 Å². The molecule has 0 spiro atoms. The zero-order chi connectivity index (χ0) is 20.9. The van der Waals surface area contributed by atoms with Crippen LogP contribution in [0.3, 0.4) is 0 Å². The van der Waals surface area contributed by atoms with E-state index in [1.54, 1.807) is 52.0 Å². The van der Waals surface area contributed by atoms with Gasteiger partial charge in [-0.15, -0.1) is 0 Å². The molecule has 0 saturated heterocycles. The Bertz CT molecular complexity index is 901. The largest absolute Gasteiger partial charge is 0.460 e. The summed E-state index contributed by atoms with van der Waals surface area (Å²) in [6.45, 7) is 7.23. The zero-order valence-electron chi connectivity index (χ0n) is 16.1. The number of halogens is 2. The summed E-state index contributed by atoms with van der Waals surface area (Å²) >= 11 is 12.0. The molecule has 8 heteroatoms. The second-order valence-corrected chi connectivity index (χ2v) is 7.77. The van der Waals surface area contributed by atoms with Crippen LogP contribution in [0, 0.1) is 0 Å². The minimum Gasteiger partial charge on any atom is -0.460 e. The Hall–Kier alpha value is -2.44. The molecule has 2 rings (SSSR count). The number of fused-ring (bicyclic) bond motifs is 1. The number of hydrogen-bond acceptors (Lipinski definition) is 4. The summed E-state index contributed by atoms with van der Waals surface area (Å²) in [5.74, 6) is -0.950. The van der Waals surface area contributed by atoms with Crippen LogP contribution in [0.5, 0.6) is 0 Å². The van der Waals surface area contributed by atoms with Gasteiger partial charge >= 0.3 is 12.1 Å². The lowest BCUT2D eigenvalue weighted by molar-refractivity contribution is -0.141. The quantitative estimate of drug-likeness (QED) is 0.289. The Labute approximate surface area is 173 Å². The van der Waals surface area contributed by atoms with Gasteiger partial charge in [-0.25, -0.2) is 9.59 Å². The fraction of sp³-hybridized carbons (Fsp3) is 0.300. The molecule has 1 aromatic heterocycles. The number of nitrogens with one attached hydrogen (secondary N) is 2. The third-order valence-electron chi connectivity index (χ3n) is 3.36. The van der Waals surface area contributed by atoms with Gasteiger partial charge in [0, 0.05) is 22.1 Å². The number of H-pyrrole nitrogens is 1. The van der Waals surface area contributed by atoms with E-state index in [-0.39, 0.29) is 12.4 Å². The van der Waals surface area contributed by atoms with Crippen molar-refractivity contribution in [1.29, 1.82) is 0 Å². The van der Waals surface area contributed by atoms with Crippen molar-refractivity contribution in [2.75, 3.05) is 6.61 Å². The summed E-state index contributed by atoms with van der Waals surface area (Å²) < 4.78 is 10.0. The molecule has 0 radical (unpaired) electrons. The van der Waals surface area contributed by atoms with Crippen molar-refractivity contribution in [3.05, 3.63) is 51.8 Å². The van der Waals surface area contributed by atoms with Crippen LogP contribution >= 0.6 is 23.2 Å². The van der Waals surface area contributed by atoms with E-state index < -0.39 is 17.6 Å². The van der Waals surface area contributed by atoms with Gasteiger partial charge in [-0.3, -0.25) is 0 Å². The number of alkyl carbamates (subject to hydrolysis) is 1. The molecule has 1 aromatic carbocycles. The second kappa shape index (κ2) is 9.17. The molecule has 0 aliphatic rings. The predicted octanol–water partition coefficient (Wildman–Crippen LogP) is 5.46. The van der Waals surface area contributed by atoms with Gasteiger partial charge in [-0.05, 0) is 58.0 Å². The molecule has 0 atom stereocenters. The topological polar surface area (TPSA) is 80.4 Å². The number of aromatic nitrogens is 1. The minimum atomic E-state index is -0.741. The zero-order valence-corrected chi connectivity index (χ0v) is 17.6. The molecule has 0 bridgehead atoms. The Morgan fingerprint density at radius 1 is 1.18 bits per heavy atom. The molecule has 28 heavy (non-hydrogen) atoms. The maximum atomic E-state index is 12.0. The van der Waals surface area contributed by atoms with Crippen LogP contribution in [0.1, 0.15) is 33.4 Å². The first-order chi connectivity index (χ1) is 13.1. The van der Waals surface area contributed by atoms with Gasteiger partial charge in [0.2, 0.25) is 5.76 Å². The SMILES string of the molecule is CCOC(=O)C(=CC=Cc1cc2cc(Cl)c(Cl)cc2[nH]1)OC(=O)NC(C)(C)C. The lowest BCUT2D eigenvalue weighted by Crippen LogP contribution is -2.41. The monoisotopic (exact) mass is 424 g/mol. The van der Waals surface area contributed by atoms with Crippen LogP contribution in [0.15, 0.2) is 36.1 Å². The van der Waals surface area contributed by atoms with E-state index in [9.17, 15) is 9.59 Å². The number of rotatable bonds is 5. The molecular formula is C20H22Cl2N2O4. The number of amides is 1. The fourth-order valence-corrected chi connectivity index (χ4v) is 2.59. The summed E-state index contributed by atoms with van der Waals surface area (Å²) in [5, 5.41) is 4.43. The summed E-state index contributed by atoms with van der Waals surface area (Å²) in [4.78, 5) is 27.2. The van der Waals surface area contributed by atoms with Crippen molar-refractivity contribution >= 4 is 52.2 Å². The lowest BCUT2D eigenvalue weighted by atomic mass is 10.1. The standard InChI is InChI=1S/C20H22Cl2N2O4/c1-5-27-18(25)17(28-19(26)24-20(2,3)4)8-6-7-13-9-12-10-14(21)15(22)11-16(12)23-13/h6-11,23H,5H2,1-4H3,(H,24,26). The molecule has 2 N–H and O–H groups in total. The molecule has 0 unspecified atom stereocenters. The summed E-state index contributed by atoms with van der Waals surface area (Å²) in [6.07, 6.45) is 3.91. The highest BCUT2D eigenvalue weighted by Crippen LogP contribution is 2.28. The number of esters is 1. The van der Waals surface area contributed by atoms with E-state index >= 15 is 0 Å². The molecule has 2 aromatic rings. The molecule has 6 nitrogen and oxygen atoms in total. The molecule has 150 valence electrons. The average Bonchev–Trinajstić information content (AvgIpc) is 2.94. The first-order valence-corrected chi connectivity index (χ1v) is 9.38. The number of allylic oxidation sites excluding steroid dienone is 2. The number of carbonyl (C=O) groups excluding carboxylic acids is 2. The van der Waals surface area contributed by atoms with Gasteiger partial charge in [0.1, 0.15) is 0 Å². The molecule has 0 aliphatic carbocycles. The van der Waals surface area contributed by atoms with Gasteiger partial charge < -0.3 is 19.8 Å². The van der Waals surface area contributed by atoms with Gasteiger partial charge in [-0.2, -0.15) is 0 Å². The van der Waals surface area contributed by atoms with Crippen molar-refractivity contribution < 1.29 is 19.1 Å². The first kappa shape index (κ1) is 21.9. The van der Waals surface area contributed by atoms with E-state index in [4.69, 9.17) is 32.7 Å². The van der Waals surface area contributed by atoms with Crippen LogP contribution in [0.4, 0.5) is 4.79 Å². The van der Waals surface area contributed by atoms with E-state index in [0.717, 1.165) is 16.6 Å². The first-order valence-electron chi connectivity index (χ1n) is 8.62. The maximum Gasteiger partial charge on any atom is 0.413 e. The van der Waals surface area contributed by atoms with E-state index in [1.807, 2.05) is 6.07 Å². The Kier molecular flexibility index (Phi) is 7.16. The third kappa shape index (κ3) is 6.32. The van der Waals surface area contributed by atoms with E-state index in [0.29, 0.717) is 10.0 Å². The Morgan fingerprint density at radius 2 is 1.86 bits per heavy atom. The van der Waals surface area contributed by atoms with E-state index in [1.165, 1.54) is 6.08 Å². The Morgan fingerprint density at radius 3 is 2.50 bits per heavy atom.